The molecule has 0 N–H and O–H groups in total. The molecule has 5 nitrogen and oxygen atoms in total. The van der Waals surface area contributed by atoms with E-state index in [2.05, 4.69) is 4.99 Å². The zero-order chi connectivity index (χ0) is 7.56. The van der Waals surface area contributed by atoms with Gasteiger partial charge in [-0.15, -0.1) is 0 Å². The summed E-state index contributed by atoms with van der Waals surface area (Å²) in [5.74, 6) is -0.342. The summed E-state index contributed by atoms with van der Waals surface area (Å²) in [4.78, 5) is 23.0. The Morgan fingerprint density at radius 2 is 2.40 bits per heavy atom. The number of allylic oxidation sites excluding steroid dienone is 1. The minimum absolute atomic E-state index is 0.0345. The molecule has 0 aliphatic carbocycles. The third kappa shape index (κ3) is 1.25. The summed E-state index contributed by atoms with van der Waals surface area (Å²) < 4.78 is 0. The molecular formula is C5H4N2O3. The molecule has 1 aliphatic rings. The third-order valence-corrected chi connectivity index (χ3v) is 1.04. The maximum Gasteiger partial charge on any atom is 0.284 e. The predicted molar refractivity (Wildman–Crippen MR) is 33.2 cm³/mol. The number of rotatable bonds is 1. The molecule has 0 fully saturated rings. The van der Waals surface area contributed by atoms with E-state index >= 15 is 0 Å². The van der Waals surface area contributed by atoms with Crippen LogP contribution >= 0.6 is 0 Å². The highest BCUT2D eigenvalue weighted by molar-refractivity contribution is 5.94. The van der Waals surface area contributed by atoms with Crippen LogP contribution in [0.1, 0.15) is 6.42 Å². The fraction of sp³-hybridized carbons (Fsp3) is 0.200. The average molecular weight is 140 g/mol. The molecule has 0 saturated carbocycles. The van der Waals surface area contributed by atoms with E-state index in [1.54, 1.807) is 0 Å². The van der Waals surface area contributed by atoms with E-state index in [-0.39, 0.29) is 18.0 Å². The summed E-state index contributed by atoms with van der Waals surface area (Å²) in [5, 5.41) is 10.00. The quantitative estimate of drug-likeness (QED) is 0.384. The van der Waals surface area contributed by atoms with E-state index < -0.39 is 4.92 Å². The van der Waals surface area contributed by atoms with E-state index in [0.29, 0.717) is 0 Å². The van der Waals surface area contributed by atoms with E-state index in [4.69, 9.17) is 0 Å². The number of carbonyl (C=O) groups is 1. The van der Waals surface area contributed by atoms with Gasteiger partial charge in [-0.2, -0.15) is 0 Å². The summed E-state index contributed by atoms with van der Waals surface area (Å²) in [5.41, 5.74) is -0.111. The van der Waals surface area contributed by atoms with E-state index in [0.717, 1.165) is 6.21 Å². The second-order valence-corrected chi connectivity index (χ2v) is 1.74. The first-order valence-electron chi connectivity index (χ1n) is 2.61. The first-order valence-corrected chi connectivity index (χ1v) is 2.61. The van der Waals surface area contributed by atoms with Crippen molar-refractivity contribution in [2.24, 2.45) is 4.99 Å². The number of aliphatic imine (C=N–C) groups is 1. The molecule has 0 aromatic carbocycles. The standard InChI is InChI=1S/C5H4N2O3/c8-5-2-1-4(3-6-5)7(9)10/h1,3H,2H2. The lowest BCUT2D eigenvalue weighted by molar-refractivity contribution is -0.414. The van der Waals surface area contributed by atoms with Crippen LogP contribution in [-0.2, 0) is 4.79 Å². The minimum Gasteiger partial charge on any atom is -0.272 e. The van der Waals surface area contributed by atoms with Gasteiger partial charge < -0.3 is 0 Å². The van der Waals surface area contributed by atoms with Crippen LogP contribution in [0.15, 0.2) is 16.8 Å². The number of hydrogen-bond acceptors (Lipinski definition) is 3. The topological polar surface area (TPSA) is 72.6 Å². The van der Waals surface area contributed by atoms with Gasteiger partial charge >= 0.3 is 0 Å². The molecule has 0 saturated heterocycles. The van der Waals surface area contributed by atoms with Crippen LogP contribution in [0.5, 0.6) is 0 Å². The summed E-state index contributed by atoms with van der Waals surface area (Å²) in [6, 6.07) is 0. The van der Waals surface area contributed by atoms with Crippen molar-refractivity contribution in [3.8, 4) is 0 Å². The molecule has 1 aliphatic heterocycles. The van der Waals surface area contributed by atoms with Crippen LogP contribution < -0.4 is 0 Å². The highest BCUT2D eigenvalue weighted by atomic mass is 16.6. The maximum atomic E-state index is 10.4. The smallest absolute Gasteiger partial charge is 0.272 e. The molecular weight excluding hydrogens is 136 g/mol. The Balaban J connectivity index is 2.77. The minimum atomic E-state index is -0.573. The zero-order valence-corrected chi connectivity index (χ0v) is 4.98. The zero-order valence-electron chi connectivity index (χ0n) is 4.98. The van der Waals surface area contributed by atoms with Crippen molar-refractivity contribution in [1.82, 2.24) is 0 Å². The SMILES string of the molecule is O=C1CC=C([N+](=O)[O-])C=N1. The normalized spacial score (nSPS) is 16.8. The van der Waals surface area contributed by atoms with Crippen LogP contribution in [0.2, 0.25) is 0 Å². The number of nitrogens with zero attached hydrogens (tertiary/aromatic N) is 2. The summed E-state index contributed by atoms with van der Waals surface area (Å²) in [7, 11) is 0. The van der Waals surface area contributed by atoms with Crippen LogP contribution in [0.25, 0.3) is 0 Å². The van der Waals surface area contributed by atoms with Crippen molar-refractivity contribution in [2.45, 2.75) is 6.42 Å². The van der Waals surface area contributed by atoms with Crippen molar-refractivity contribution in [3.63, 3.8) is 0 Å². The molecule has 0 spiro atoms. The highest BCUT2D eigenvalue weighted by Crippen LogP contribution is 2.01. The Labute approximate surface area is 56.2 Å². The van der Waals surface area contributed by atoms with Gasteiger partial charge in [0.2, 0.25) is 5.91 Å². The highest BCUT2D eigenvalue weighted by Gasteiger charge is 2.12. The van der Waals surface area contributed by atoms with E-state index in [1.807, 2.05) is 0 Å². The molecule has 5 heteroatoms. The van der Waals surface area contributed by atoms with E-state index in [9.17, 15) is 14.9 Å². The molecule has 0 bridgehead atoms. The Kier molecular flexibility index (Phi) is 1.57. The fourth-order valence-electron chi connectivity index (χ4n) is 0.557. The molecule has 10 heavy (non-hydrogen) atoms. The van der Waals surface area contributed by atoms with Gasteiger partial charge in [-0.3, -0.25) is 14.9 Å². The Bertz CT molecular complexity index is 241. The summed E-state index contributed by atoms with van der Waals surface area (Å²) in [6.07, 6.45) is 2.24. The Morgan fingerprint density at radius 3 is 2.80 bits per heavy atom. The first-order chi connectivity index (χ1) is 4.70. The number of dihydropyridines is 1. The van der Waals surface area contributed by atoms with Gasteiger partial charge in [-0.25, -0.2) is 4.99 Å². The van der Waals surface area contributed by atoms with Crippen molar-refractivity contribution in [1.29, 1.82) is 0 Å². The first kappa shape index (κ1) is 6.60. The molecule has 1 amide bonds. The number of hydrogen-bond donors (Lipinski definition) is 0. The fourth-order valence-corrected chi connectivity index (χ4v) is 0.557. The van der Waals surface area contributed by atoms with Gasteiger partial charge in [-0.1, -0.05) is 0 Å². The van der Waals surface area contributed by atoms with Gasteiger partial charge in [0.05, 0.1) is 11.3 Å². The Morgan fingerprint density at radius 1 is 1.70 bits per heavy atom. The number of amides is 1. The Hall–Kier alpha value is -1.52. The molecule has 0 unspecified atom stereocenters. The van der Waals surface area contributed by atoms with Crippen molar-refractivity contribution in [3.05, 3.63) is 21.9 Å². The van der Waals surface area contributed by atoms with Crippen molar-refractivity contribution in [2.75, 3.05) is 0 Å². The second-order valence-electron chi connectivity index (χ2n) is 1.74. The van der Waals surface area contributed by atoms with Gasteiger partial charge in [0, 0.05) is 6.08 Å². The van der Waals surface area contributed by atoms with Gasteiger partial charge in [0.25, 0.3) is 5.70 Å². The molecule has 1 rings (SSSR count). The molecule has 0 radical (unpaired) electrons. The average Bonchev–Trinajstić information content (AvgIpc) is 1.88. The maximum absolute atomic E-state index is 10.4. The second kappa shape index (κ2) is 2.38. The lowest BCUT2D eigenvalue weighted by Crippen LogP contribution is -2.07. The largest absolute Gasteiger partial charge is 0.284 e. The monoisotopic (exact) mass is 140 g/mol. The summed E-state index contributed by atoms with van der Waals surface area (Å²) in [6.45, 7) is 0. The third-order valence-electron chi connectivity index (χ3n) is 1.04. The van der Waals surface area contributed by atoms with Crippen LogP contribution in [0, 0.1) is 10.1 Å². The van der Waals surface area contributed by atoms with Gasteiger partial charge in [0.1, 0.15) is 6.21 Å². The molecule has 0 aromatic rings. The van der Waals surface area contributed by atoms with E-state index in [1.165, 1.54) is 6.08 Å². The van der Waals surface area contributed by atoms with Crippen LogP contribution in [0.4, 0.5) is 0 Å². The van der Waals surface area contributed by atoms with Crippen molar-refractivity contribution >= 4 is 12.1 Å². The molecule has 1 heterocycles. The lowest BCUT2D eigenvalue weighted by atomic mass is 10.3. The van der Waals surface area contributed by atoms with Gasteiger partial charge in [0.15, 0.2) is 0 Å². The molecule has 0 atom stereocenters. The van der Waals surface area contributed by atoms with Gasteiger partial charge in [-0.05, 0) is 0 Å². The number of carbonyl (C=O) groups excluding carboxylic acids is 1. The van der Waals surface area contributed by atoms with Crippen molar-refractivity contribution < 1.29 is 9.72 Å². The van der Waals surface area contributed by atoms with Crippen LogP contribution in [-0.4, -0.2) is 17.0 Å². The van der Waals surface area contributed by atoms with Crippen LogP contribution in [0.3, 0.4) is 0 Å². The molecule has 0 aromatic heterocycles. The lowest BCUT2D eigenvalue weighted by Gasteiger charge is -1.94. The summed E-state index contributed by atoms with van der Waals surface area (Å²) >= 11 is 0. The number of nitro groups is 1. The predicted octanol–water partition coefficient (Wildman–Crippen LogP) is 0.148. The molecule has 52 valence electrons.